The molecule has 0 aliphatic heterocycles. The van der Waals surface area contributed by atoms with Crippen LogP contribution < -0.4 is 11.0 Å². The Labute approximate surface area is 199 Å². The minimum Gasteiger partial charge on any atom is -0.465 e. The van der Waals surface area contributed by atoms with Crippen molar-refractivity contribution in [2.24, 2.45) is 5.10 Å². The molecule has 4 aromatic rings. The van der Waals surface area contributed by atoms with E-state index < -0.39 is 5.97 Å². The zero-order chi connectivity index (χ0) is 23.9. The number of esters is 1. The first-order valence-electron chi connectivity index (χ1n) is 10.3. The quantitative estimate of drug-likeness (QED) is 0.145. The van der Waals surface area contributed by atoms with Crippen molar-refractivity contribution >= 4 is 40.8 Å². The number of para-hydroxylation sites is 2. The summed E-state index contributed by atoms with van der Waals surface area (Å²) in [6, 6.07) is 22.9. The van der Waals surface area contributed by atoms with E-state index in [0.29, 0.717) is 32.9 Å². The number of carbonyl (C=O) groups is 2. The summed E-state index contributed by atoms with van der Waals surface area (Å²) in [5, 5.41) is 4.87. The number of methoxy groups -OCH3 is 1. The Hall–Kier alpha value is -4.24. The highest BCUT2D eigenvalue weighted by Gasteiger charge is 2.14. The molecule has 34 heavy (non-hydrogen) atoms. The number of fused-ring (bicyclic) bond motifs is 1. The van der Waals surface area contributed by atoms with Gasteiger partial charge in [0.25, 0.3) is 11.5 Å². The molecule has 0 unspecified atom stereocenters. The average Bonchev–Trinajstić information content (AvgIpc) is 2.88. The molecule has 0 radical (unpaired) electrons. The van der Waals surface area contributed by atoms with E-state index in [2.05, 4.69) is 20.2 Å². The number of benzene rings is 3. The topological polar surface area (TPSA) is 103 Å². The van der Waals surface area contributed by atoms with E-state index in [1.165, 1.54) is 17.9 Å². The van der Waals surface area contributed by atoms with Crippen molar-refractivity contribution in [3.8, 4) is 5.69 Å². The van der Waals surface area contributed by atoms with Crippen LogP contribution in [0.3, 0.4) is 0 Å². The Bertz CT molecular complexity index is 1420. The highest BCUT2D eigenvalue weighted by atomic mass is 32.2. The maximum absolute atomic E-state index is 13.2. The molecule has 0 saturated heterocycles. The summed E-state index contributed by atoms with van der Waals surface area (Å²) in [6.45, 7) is 0. The van der Waals surface area contributed by atoms with Crippen molar-refractivity contribution in [3.63, 3.8) is 0 Å². The fourth-order valence-corrected chi connectivity index (χ4v) is 3.98. The lowest BCUT2D eigenvalue weighted by atomic mass is 10.1. The first-order valence-corrected chi connectivity index (χ1v) is 11.3. The van der Waals surface area contributed by atoms with Gasteiger partial charge in [-0.25, -0.2) is 15.2 Å². The summed E-state index contributed by atoms with van der Waals surface area (Å²) in [4.78, 5) is 41.6. The zero-order valence-corrected chi connectivity index (χ0v) is 19.0. The molecule has 1 heterocycles. The van der Waals surface area contributed by atoms with Gasteiger partial charge in [0, 0.05) is 0 Å². The second-order valence-electron chi connectivity index (χ2n) is 7.08. The molecular formula is C25H20N4O4S. The molecule has 9 heteroatoms. The fourth-order valence-electron chi connectivity index (χ4n) is 3.18. The van der Waals surface area contributed by atoms with Gasteiger partial charge in [-0.1, -0.05) is 54.2 Å². The number of hydrogen-bond acceptors (Lipinski definition) is 7. The standard InChI is InChI=1S/C25H20N4O4S/c1-33-24(32)18-13-11-17(12-14-18)15-26-28-22(30)16-34-25-27-21-10-6-5-9-20(21)23(31)29(25)19-7-3-2-4-8-19/h2-15H,16H2,1H3,(H,28,30)/b26-15-. The van der Waals surface area contributed by atoms with Crippen molar-refractivity contribution in [2.45, 2.75) is 5.16 Å². The number of nitrogens with zero attached hydrogens (tertiary/aromatic N) is 3. The molecule has 0 aliphatic rings. The molecule has 0 spiro atoms. The van der Waals surface area contributed by atoms with Gasteiger partial charge in [-0.2, -0.15) is 5.10 Å². The number of carbonyl (C=O) groups excluding carboxylic acids is 2. The van der Waals surface area contributed by atoms with E-state index in [1.54, 1.807) is 42.5 Å². The highest BCUT2D eigenvalue weighted by molar-refractivity contribution is 7.99. The number of thioether (sulfide) groups is 1. The van der Waals surface area contributed by atoms with Crippen LogP contribution in [0.25, 0.3) is 16.6 Å². The number of ether oxygens (including phenoxy) is 1. The third kappa shape index (κ3) is 5.21. The lowest BCUT2D eigenvalue weighted by molar-refractivity contribution is -0.118. The molecule has 0 fully saturated rings. The average molecular weight is 473 g/mol. The van der Waals surface area contributed by atoms with Crippen LogP contribution >= 0.6 is 11.8 Å². The normalized spacial score (nSPS) is 11.0. The van der Waals surface area contributed by atoms with E-state index in [1.807, 2.05) is 36.4 Å². The van der Waals surface area contributed by atoms with Crippen LogP contribution in [0.1, 0.15) is 15.9 Å². The Kier molecular flexibility index (Phi) is 7.14. The summed E-state index contributed by atoms with van der Waals surface area (Å²) in [7, 11) is 1.32. The first-order chi connectivity index (χ1) is 16.6. The minimum atomic E-state index is -0.426. The highest BCUT2D eigenvalue weighted by Crippen LogP contribution is 2.21. The minimum absolute atomic E-state index is 0.0102. The van der Waals surface area contributed by atoms with Crippen LogP contribution in [-0.2, 0) is 9.53 Å². The molecule has 8 nitrogen and oxygen atoms in total. The van der Waals surface area contributed by atoms with Crippen LogP contribution in [0, 0.1) is 0 Å². The number of nitrogens with one attached hydrogen (secondary N) is 1. The Morgan fingerprint density at radius 2 is 1.74 bits per heavy atom. The first kappa shape index (κ1) is 22.9. The van der Waals surface area contributed by atoms with Crippen molar-refractivity contribution < 1.29 is 14.3 Å². The van der Waals surface area contributed by atoms with E-state index in [9.17, 15) is 14.4 Å². The molecule has 0 bridgehead atoms. The van der Waals surface area contributed by atoms with Gasteiger partial charge in [0.15, 0.2) is 5.16 Å². The summed E-state index contributed by atoms with van der Waals surface area (Å²) < 4.78 is 6.17. The summed E-state index contributed by atoms with van der Waals surface area (Å²) in [5.74, 6) is -0.768. The van der Waals surface area contributed by atoms with Crippen molar-refractivity contribution in [3.05, 3.63) is 100 Å². The van der Waals surface area contributed by atoms with Crippen LogP contribution in [0.5, 0.6) is 0 Å². The van der Waals surface area contributed by atoms with E-state index in [4.69, 9.17) is 0 Å². The summed E-state index contributed by atoms with van der Waals surface area (Å²) in [5.41, 5.74) is 4.62. The largest absolute Gasteiger partial charge is 0.465 e. The van der Waals surface area contributed by atoms with E-state index in [-0.39, 0.29) is 17.2 Å². The third-order valence-electron chi connectivity index (χ3n) is 4.83. The molecule has 0 saturated carbocycles. The Morgan fingerprint density at radius 3 is 2.47 bits per heavy atom. The molecule has 3 aromatic carbocycles. The van der Waals surface area contributed by atoms with E-state index in [0.717, 1.165) is 11.8 Å². The predicted molar refractivity (Wildman–Crippen MR) is 132 cm³/mol. The van der Waals surface area contributed by atoms with Gasteiger partial charge in [-0.05, 0) is 42.0 Å². The van der Waals surface area contributed by atoms with Gasteiger partial charge in [0.05, 0.1) is 41.2 Å². The summed E-state index contributed by atoms with van der Waals surface area (Å²) >= 11 is 1.15. The molecule has 1 amide bonds. The monoisotopic (exact) mass is 472 g/mol. The lowest BCUT2D eigenvalue weighted by Gasteiger charge is -2.12. The van der Waals surface area contributed by atoms with Crippen molar-refractivity contribution in [2.75, 3.05) is 12.9 Å². The third-order valence-corrected chi connectivity index (χ3v) is 5.76. The molecular weight excluding hydrogens is 452 g/mol. The van der Waals surface area contributed by atoms with Gasteiger partial charge in [-0.3, -0.25) is 14.2 Å². The van der Waals surface area contributed by atoms with Crippen LogP contribution in [0.4, 0.5) is 0 Å². The number of rotatable bonds is 7. The van der Waals surface area contributed by atoms with Gasteiger partial charge in [0.1, 0.15) is 0 Å². The van der Waals surface area contributed by atoms with Crippen LogP contribution in [-0.4, -0.2) is 40.5 Å². The van der Waals surface area contributed by atoms with Crippen LogP contribution in [0.15, 0.2) is 93.9 Å². The Morgan fingerprint density at radius 1 is 1.03 bits per heavy atom. The number of hydrogen-bond donors (Lipinski definition) is 1. The van der Waals surface area contributed by atoms with Gasteiger partial charge in [-0.15, -0.1) is 0 Å². The SMILES string of the molecule is COC(=O)c1ccc(/C=N\NC(=O)CSc2nc3ccccc3c(=O)n2-c2ccccc2)cc1. The van der Waals surface area contributed by atoms with Crippen LogP contribution in [0.2, 0.25) is 0 Å². The lowest BCUT2D eigenvalue weighted by Crippen LogP contribution is -2.24. The molecule has 1 aromatic heterocycles. The molecule has 1 N–H and O–H groups in total. The molecule has 0 atom stereocenters. The number of hydrazone groups is 1. The second kappa shape index (κ2) is 10.6. The molecule has 170 valence electrons. The second-order valence-corrected chi connectivity index (χ2v) is 8.03. The Balaban J connectivity index is 1.48. The smallest absolute Gasteiger partial charge is 0.337 e. The zero-order valence-electron chi connectivity index (χ0n) is 18.2. The fraction of sp³-hybridized carbons (Fsp3) is 0.0800. The van der Waals surface area contributed by atoms with Gasteiger partial charge >= 0.3 is 5.97 Å². The number of aromatic nitrogens is 2. The van der Waals surface area contributed by atoms with E-state index >= 15 is 0 Å². The number of amides is 1. The predicted octanol–water partition coefficient (Wildman–Crippen LogP) is 3.41. The molecule has 4 rings (SSSR count). The maximum Gasteiger partial charge on any atom is 0.337 e. The molecule has 0 aliphatic carbocycles. The van der Waals surface area contributed by atoms with Gasteiger partial charge < -0.3 is 4.74 Å². The van der Waals surface area contributed by atoms with Gasteiger partial charge in [0.2, 0.25) is 0 Å². The maximum atomic E-state index is 13.2. The van der Waals surface area contributed by atoms with Crippen molar-refractivity contribution in [1.29, 1.82) is 0 Å². The van der Waals surface area contributed by atoms with Crippen molar-refractivity contribution in [1.82, 2.24) is 15.0 Å². The summed E-state index contributed by atoms with van der Waals surface area (Å²) in [6.07, 6.45) is 1.47.